The predicted octanol–water partition coefficient (Wildman–Crippen LogP) is 2.12. The van der Waals surface area contributed by atoms with Crippen LogP contribution in [0, 0.1) is 12.3 Å². The van der Waals surface area contributed by atoms with Crippen LogP contribution < -0.4 is 10.6 Å². The summed E-state index contributed by atoms with van der Waals surface area (Å²) < 4.78 is 0. The molecule has 5 nitrogen and oxygen atoms in total. The molecule has 0 aliphatic rings. The fourth-order valence-corrected chi connectivity index (χ4v) is 1.99. The van der Waals surface area contributed by atoms with Crippen LogP contribution in [0.3, 0.4) is 0 Å². The molecule has 2 aromatic heterocycles. The largest absolute Gasteiger partial charge is 0.388 e. The summed E-state index contributed by atoms with van der Waals surface area (Å²) in [5.74, 6) is 0.201. The van der Waals surface area contributed by atoms with Crippen molar-refractivity contribution in [2.24, 2.45) is 5.73 Å². The van der Waals surface area contributed by atoms with Crippen LogP contribution in [0.1, 0.15) is 17.7 Å². The minimum absolute atomic E-state index is 0.201. The monoisotopic (exact) mass is 269 g/mol. The summed E-state index contributed by atoms with van der Waals surface area (Å²) in [4.78, 5) is 10.5. The lowest BCUT2D eigenvalue weighted by Crippen LogP contribution is -2.27. The van der Waals surface area contributed by atoms with Crippen LogP contribution in [0.15, 0.2) is 42.9 Å². The second kappa shape index (κ2) is 6.65. The average molecular weight is 269 g/mol. The normalized spacial score (nSPS) is 10.2. The van der Waals surface area contributed by atoms with Crippen molar-refractivity contribution in [3.63, 3.8) is 0 Å². The first-order valence-electron chi connectivity index (χ1n) is 6.54. The number of aromatic nitrogens is 2. The van der Waals surface area contributed by atoms with E-state index in [1.165, 1.54) is 0 Å². The highest BCUT2D eigenvalue weighted by molar-refractivity contribution is 5.77. The van der Waals surface area contributed by atoms with E-state index in [4.69, 9.17) is 11.1 Å². The van der Waals surface area contributed by atoms with Gasteiger partial charge in [0.15, 0.2) is 0 Å². The predicted molar refractivity (Wildman–Crippen MR) is 80.8 cm³/mol. The molecule has 0 aromatic carbocycles. The summed E-state index contributed by atoms with van der Waals surface area (Å²) in [6.45, 7) is 3.41. The summed E-state index contributed by atoms with van der Waals surface area (Å²) in [6.07, 6.45) is 5.96. The first-order chi connectivity index (χ1) is 9.65. The van der Waals surface area contributed by atoms with E-state index in [0.29, 0.717) is 13.0 Å². The summed E-state index contributed by atoms with van der Waals surface area (Å²) in [5, 5.41) is 7.40. The Hall–Kier alpha value is -2.43. The molecular weight excluding hydrogens is 250 g/mol. The van der Waals surface area contributed by atoms with Crippen molar-refractivity contribution in [3.05, 3.63) is 54.1 Å². The molecule has 0 aliphatic carbocycles. The summed E-state index contributed by atoms with van der Waals surface area (Å²) in [7, 11) is 0. The molecular formula is C15H19N5. The van der Waals surface area contributed by atoms with Gasteiger partial charge in [-0.05, 0) is 30.7 Å². The minimum Gasteiger partial charge on any atom is -0.388 e. The Kier molecular flexibility index (Phi) is 4.65. The molecule has 5 heteroatoms. The number of anilines is 1. The third-order valence-corrected chi connectivity index (χ3v) is 2.99. The van der Waals surface area contributed by atoms with Gasteiger partial charge in [0.1, 0.15) is 0 Å². The maximum atomic E-state index is 7.40. The first kappa shape index (κ1) is 14.0. The Morgan fingerprint density at radius 1 is 1.35 bits per heavy atom. The number of rotatable bonds is 6. The number of pyridine rings is 2. The highest BCUT2D eigenvalue weighted by Crippen LogP contribution is 2.17. The van der Waals surface area contributed by atoms with Gasteiger partial charge in [-0.2, -0.15) is 0 Å². The van der Waals surface area contributed by atoms with Gasteiger partial charge in [0.2, 0.25) is 0 Å². The van der Waals surface area contributed by atoms with Crippen LogP contribution >= 0.6 is 0 Å². The van der Waals surface area contributed by atoms with Crippen molar-refractivity contribution in [2.75, 3.05) is 11.4 Å². The van der Waals surface area contributed by atoms with Crippen LogP contribution in [0.5, 0.6) is 0 Å². The number of aryl methyl sites for hydroxylation is 1. The van der Waals surface area contributed by atoms with Gasteiger partial charge < -0.3 is 10.6 Å². The fourth-order valence-electron chi connectivity index (χ4n) is 1.99. The molecule has 0 saturated carbocycles. The van der Waals surface area contributed by atoms with Crippen LogP contribution in [-0.4, -0.2) is 22.3 Å². The molecule has 0 unspecified atom stereocenters. The van der Waals surface area contributed by atoms with Gasteiger partial charge in [-0.25, -0.2) is 0 Å². The van der Waals surface area contributed by atoms with Gasteiger partial charge >= 0.3 is 0 Å². The molecule has 2 heterocycles. The molecule has 0 atom stereocenters. The highest BCUT2D eigenvalue weighted by atomic mass is 15.1. The number of hydrogen-bond acceptors (Lipinski definition) is 4. The molecule has 104 valence electrons. The van der Waals surface area contributed by atoms with Gasteiger partial charge in [0, 0.05) is 49.5 Å². The van der Waals surface area contributed by atoms with Gasteiger partial charge in [0.05, 0.1) is 5.84 Å². The Balaban J connectivity index is 2.18. The Morgan fingerprint density at radius 3 is 2.85 bits per heavy atom. The lowest BCUT2D eigenvalue weighted by molar-refractivity contribution is 0.797. The Morgan fingerprint density at radius 2 is 2.20 bits per heavy atom. The molecule has 2 rings (SSSR count). The van der Waals surface area contributed by atoms with E-state index in [2.05, 4.69) is 14.9 Å². The quantitative estimate of drug-likeness (QED) is 0.622. The number of nitrogens with zero attached hydrogens (tertiary/aromatic N) is 3. The van der Waals surface area contributed by atoms with Gasteiger partial charge in [-0.15, -0.1) is 0 Å². The Labute approximate surface area is 119 Å². The van der Waals surface area contributed by atoms with Crippen LogP contribution in [-0.2, 0) is 6.54 Å². The second-order valence-corrected chi connectivity index (χ2v) is 4.71. The molecule has 0 spiro atoms. The fraction of sp³-hybridized carbons (Fsp3) is 0.267. The molecule has 0 amide bonds. The van der Waals surface area contributed by atoms with E-state index >= 15 is 0 Å². The number of nitrogens with two attached hydrogens (primary N) is 1. The third-order valence-electron chi connectivity index (χ3n) is 2.99. The van der Waals surface area contributed by atoms with E-state index in [1.807, 2.05) is 37.4 Å². The molecule has 0 bridgehead atoms. The zero-order valence-corrected chi connectivity index (χ0v) is 11.6. The highest BCUT2D eigenvalue weighted by Gasteiger charge is 2.08. The topological polar surface area (TPSA) is 78.9 Å². The average Bonchev–Trinajstić information content (AvgIpc) is 2.44. The van der Waals surface area contributed by atoms with Crippen molar-refractivity contribution in [2.45, 2.75) is 19.9 Å². The van der Waals surface area contributed by atoms with Crippen LogP contribution in [0.25, 0.3) is 0 Å². The number of amidine groups is 1. The van der Waals surface area contributed by atoms with E-state index < -0.39 is 0 Å². The summed E-state index contributed by atoms with van der Waals surface area (Å²) >= 11 is 0. The van der Waals surface area contributed by atoms with E-state index in [-0.39, 0.29) is 5.84 Å². The van der Waals surface area contributed by atoms with Gasteiger partial charge in [-0.1, -0.05) is 6.07 Å². The molecule has 0 saturated heterocycles. The van der Waals surface area contributed by atoms with Gasteiger partial charge in [-0.3, -0.25) is 15.4 Å². The van der Waals surface area contributed by atoms with Crippen molar-refractivity contribution in [3.8, 4) is 0 Å². The lowest BCUT2D eigenvalue weighted by Gasteiger charge is -2.25. The van der Waals surface area contributed by atoms with Crippen molar-refractivity contribution in [1.29, 1.82) is 5.41 Å². The van der Waals surface area contributed by atoms with Gasteiger partial charge in [0.25, 0.3) is 0 Å². The zero-order valence-electron chi connectivity index (χ0n) is 11.6. The number of nitrogens with one attached hydrogen (secondary N) is 1. The standard InChI is InChI=1S/C15H19N5/c1-12-9-14(4-7-19-12)20(8-5-15(16)17)11-13-3-2-6-18-10-13/h2-4,6-7,9-10H,5,8,11H2,1H3,(H3,16,17). The maximum absolute atomic E-state index is 7.40. The zero-order chi connectivity index (χ0) is 14.4. The second-order valence-electron chi connectivity index (χ2n) is 4.71. The van der Waals surface area contributed by atoms with E-state index in [0.717, 1.165) is 23.5 Å². The molecule has 0 aliphatic heterocycles. The first-order valence-corrected chi connectivity index (χ1v) is 6.54. The smallest absolute Gasteiger partial charge is 0.0923 e. The third kappa shape index (κ3) is 4.05. The van der Waals surface area contributed by atoms with Crippen molar-refractivity contribution in [1.82, 2.24) is 9.97 Å². The number of hydrogen-bond donors (Lipinski definition) is 2. The van der Waals surface area contributed by atoms with E-state index in [9.17, 15) is 0 Å². The minimum atomic E-state index is 0.201. The molecule has 3 N–H and O–H groups in total. The molecule has 2 aromatic rings. The maximum Gasteiger partial charge on any atom is 0.0923 e. The SMILES string of the molecule is Cc1cc(N(CCC(=N)N)Cc2cccnc2)ccn1. The van der Waals surface area contributed by atoms with Crippen molar-refractivity contribution >= 4 is 11.5 Å². The summed E-state index contributed by atoms with van der Waals surface area (Å²) in [6, 6.07) is 7.98. The van der Waals surface area contributed by atoms with Crippen LogP contribution in [0.2, 0.25) is 0 Å². The molecule has 20 heavy (non-hydrogen) atoms. The van der Waals surface area contributed by atoms with E-state index in [1.54, 1.807) is 12.4 Å². The summed E-state index contributed by atoms with van der Waals surface area (Å²) in [5.41, 5.74) is 8.66. The van der Waals surface area contributed by atoms with Crippen LogP contribution in [0.4, 0.5) is 5.69 Å². The molecule has 0 radical (unpaired) electrons. The Bertz CT molecular complexity index is 567. The van der Waals surface area contributed by atoms with Crippen molar-refractivity contribution < 1.29 is 0 Å². The molecule has 0 fully saturated rings. The lowest BCUT2D eigenvalue weighted by atomic mass is 10.2.